The average Bonchev–Trinajstić information content (AvgIpc) is 3.07. The van der Waals surface area contributed by atoms with Crippen LogP contribution >= 0.6 is 0 Å². The number of fused-ring (bicyclic) bond motifs is 2. The Bertz CT molecular complexity index is 1470. The summed E-state index contributed by atoms with van der Waals surface area (Å²) in [7, 11) is 0. The van der Waals surface area contributed by atoms with Crippen molar-refractivity contribution < 1.29 is 15.0 Å². The highest BCUT2D eigenvalue weighted by molar-refractivity contribution is 6.37. The van der Waals surface area contributed by atoms with Crippen LogP contribution in [0.4, 0.5) is 0 Å². The van der Waals surface area contributed by atoms with Gasteiger partial charge in [0.25, 0.3) is 11.1 Å². The maximum Gasteiger partial charge on any atom is 0.257 e. The lowest BCUT2D eigenvalue weighted by molar-refractivity contribution is -0.301. The van der Waals surface area contributed by atoms with E-state index in [1.165, 1.54) is 0 Å². The van der Waals surface area contributed by atoms with E-state index in [0.29, 0.717) is 22.5 Å². The molecule has 0 spiro atoms. The number of aromatic amines is 2. The van der Waals surface area contributed by atoms with Crippen LogP contribution in [0.5, 0.6) is 0 Å². The van der Waals surface area contributed by atoms with E-state index in [0.717, 1.165) is 0 Å². The van der Waals surface area contributed by atoms with Gasteiger partial charge in [-0.05, 0) is 17.7 Å². The first-order valence-electron chi connectivity index (χ1n) is 9.09. The Balaban J connectivity index is 1.79. The van der Waals surface area contributed by atoms with Gasteiger partial charge in [-0.15, -0.1) is 0 Å². The topological polar surface area (TPSA) is 129 Å². The molecule has 0 atom stereocenters. The summed E-state index contributed by atoms with van der Waals surface area (Å²) in [5.74, 6) is -3.10. The Hall–Kier alpha value is -4.39. The van der Waals surface area contributed by atoms with Crippen molar-refractivity contribution >= 4 is 16.9 Å². The van der Waals surface area contributed by atoms with Gasteiger partial charge in [-0.1, -0.05) is 60.0 Å². The normalized spacial score (nSPS) is 14.3. The standard InChI is InChI=1S/C23H14N2O5/c26-19-17(15-11-7-3-1-5-9-13(11)24-22(15)29)20(27)21(28)18(19)16-12-8-4-2-6-10-14(12)25-23(16)30/h1-10,26H,(H,24,29)(H,25,30)(H,27,28)/p-2. The molecule has 0 aromatic carbocycles. The maximum absolute atomic E-state index is 13.2. The maximum atomic E-state index is 13.2. The first-order chi connectivity index (χ1) is 14.5. The molecule has 0 saturated carbocycles. The van der Waals surface area contributed by atoms with Crippen molar-refractivity contribution in [2.24, 2.45) is 0 Å². The van der Waals surface area contributed by atoms with Crippen molar-refractivity contribution in [2.45, 2.75) is 0 Å². The predicted octanol–water partition coefficient (Wildman–Crippen LogP) is 0.699. The molecule has 0 radical (unpaired) electrons. The SMILES string of the molecule is O=C1C([O-])=C(c2c3cccccc-3[nH]c2=O)C([O-])=C1c1c2cccccc-2[nH]c1=O. The van der Waals surface area contributed by atoms with E-state index < -0.39 is 39.6 Å². The van der Waals surface area contributed by atoms with Crippen LogP contribution in [0.1, 0.15) is 11.1 Å². The summed E-state index contributed by atoms with van der Waals surface area (Å²) in [5, 5.41) is 26.1. The van der Waals surface area contributed by atoms with Gasteiger partial charge in [-0.2, -0.15) is 0 Å². The molecule has 2 heterocycles. The minimum atomic E-state index is -1.09. The number of carbonyl (C=O) groups is 1. The summed E-state index contributed by atoms with van der Waals surface area (Å²) >= 11 is 0. The van der Waals surface area contributed by atoms with E-state index in [2.05, 4.69) is 9.97 Å². The first kappa shape index (κ1) is 17.7. The summed E-state index contributed by atoms with van der Waals surface area (Å²) in [6.07, 6.45) is 0. The number of Topliss-reactive ketones (excluding diaryl/α,β-unsaturated/α-hetero) is 1. The van der Waals surface area contributed by atoms with Crippen LogP contribution in [0.25, 0.3) is 33.7 Å². The largest absolute Gasteiger partial charge is 0.872 e. The fraction of sp³-hybridized carbons (Fsp3) is 0. The fourth-order valence-corrected chi connectivity index (χ4v) is 3.87. The number of carbonyl (C=O) groups excluding carboxylic acids is 1. The van der Waals surface area contributed by atoms with Gasteiger partial charge in [-0.3, -0.25) is 14.4 Å². The van der Waals surface area contributed by atoms with E-state index in [9.17, 15) is 24.6 Å². The van der Waals surface area contributed by atoms with E-state index >= 15 is 0 Å². The molecule has 7 heteroatoms. The van der Waals surface area contributed by atoms with Crippen LogP contribution in [-0.4, -0.2) is 15.8 Å². The highest BCUT2D eigenvalue weighted by Crippen LogP contribution is 2.40. The Morgan fingerprint density at radius 2 is 1.03 bits per heavy atom. The molecule has 0 saturated heterocycles. The predicted molar refractivity (Wildman–Crippen MR) is 106 cm³/mol. The minimum Gasteiger partial charge on any atom is -0.872 e. The molecule has 0 aromatic rings. The van der Waals surface area contributed by atoms with E-state index in [1.54, 1.807) is 60.7 Å². The molecule has 0 amide bonds. The Morgan fingerprint density at radius 1 is 0.567 bits per heavy atom. The number of H-pyrrole nitrogens is 2. The number of hydrogen-bond donors (Lipinski definition) is 2. The second-order valence-electron chi connectivity index (χ2n) is 6.87. The highest BCUT2D eigenvalue weighted by Gasteiger charge is 2.31. The zero-order chi connectivity index (χ0) is 21.0. The smallest absolute Gasteiger partial charge is 0.257 e. The minimum absolute atomic E-state index is 0.155. The number of allylic oxidation sites excluding steroid dienone is 2. The third-order valence-electron chi connectivity index (χ3n) is 5.18. The van der Waals surface area contributed by atoms with Crippen molar-refractivity contribution in [3.8, 4) is 22.5 Å². The van der Waals surface area contributed by atoms with Crippen LogP contribution < -0.4 is 21.3 Å². The highest BCUT2D eigenvalue weighted by atomic mass is 16.3. The summed E-state index contributed by atoms with van der Waals surface area (Å²) in [4.78, 5) is 43.2. The molecule has 5 aliphatic rings. The molecule has 30 heavy (non-hydrogen) atoms. The summed E-state index contributed by atoms with van der Waals surface area (Å²) in [6.45, 7) is 0. The summed E-state index contributed by atoms with van der Waals surface area (Å²) in [6, 6.07) is 16.6. The zero-order valence-corrected chi connectivity index (χ0v) is 15.3. The first-order valence-corrected chi connectivity index (χ1v) is 9.09. The lowest BCUT2D eigenvalue weighted by Crippen LogP contribution is -2.17. The van der Waals surface area contributed by atoms with Gasteiger partial charge in [-0.25, -0.2) is 0 Å². The molecule has 146 valence electrons. The van der Waals surface area contributed by atoms with Crippen LogP contribution in [0.3, 0.4) is 0 Å². The van der Waals surface area contributed by atoms with Gasteiger partial charge in [0.05, 0.1) is 11.1 Å². The van der Waals surface area contributed by atoms with Crippen LogP contribution in [-0.2, 0) is 4.79 Å². The van der Waals surface area contributed by atoms with E-state index in [-0.39, 0.29) is 11.1 Å². The lowest BCUT2D eigenvalue weighted by atomic mass is 9.98. The molecular formula is C23H12N2O5-2. The summed E-state index contributed by atoms with van der Waals surface area (Å²) in [5.41, 5.74) is -1.06. The number of aromatic nitrogens is 2. The molecule has 2 aliphatic heterocycles. The number of rotatable bonds is 2. The molecule has 3 aliphatic carbocycles. The monoisotopic (exact) mass is 396 g/mol. The Kier molecular flexibility index (Phi) is 3.72. The number of nitrogens with one attached hydrogen (secondary N) is 2. The molecule has 7 nitrogen and oxygen atoms in total. The van der Waals surface area contributed by atoms with Gasteiger partial charge in [0.1, 0.15) is 0 Å². The number of hydrogen-bond acceptors (Lipinski definition) is 5. The number of ketones is 1. The van der Waals surface area contributed by atoms with Gasteiger partial charge in [0.15, 0.2) is 5.78 Å². The molecule has 0 unspecified atom stereocenters. The van der Waals surface area contributed by atoms with Crippen LogP contribution in [0.2, 0.25) is 0 Å². The van der Waals surface area contributed by atoms with E-state index in [4.69, 9.17) is 0 Å². The van der Waals surface area contributed by atoms with Gasteiger partial charge < -0.3 is 20.2 Å². The molecule has 2 N–H and O–H groups in total. The van der Waals surface area contributed by atoms with Crippen molar-refractivity contribution in [1.29, 1.82) is 0 Å². The fourth-order valence-electron chi connectivity index (χ4n) is 3.87. The van der Waals surface area contributed by atoms with Crippen molar-refractivity contribution in [3.63, 3.8) is 0 Å². The average molecular weight is 396 g/mol. The molecule has 0 fully saturated rings. The van der Waals surface area contributed by atoms with Crippen LogP contribution in [0, 0.1) is 0 Å². The van der Waals surface area contributed by atoms with Crippen molar-refractivity contribution in [2.75, 3.05) is 0 Å². The molecule has 0 aromatic heterocycles. The Labute approximate surface area is 169 Å². The lowest BCUT2D eigenvalue weighted by Gasteiger charge is -2.16. The van der Waals surface area contributed by atoms with Gasteiger partial charge in [0, 0.05) is 28.1 Å². The quantitative estimate of drug-likeness (QED) is 0.515. The second-order valence-corrected chi connectivity index (χ2v) is 6.87. The van der Waals surface area contributed by atoms with E-state index in [1.807, 2.05) is 0 Å². The summed E-state index contributed by atoms with van der Waals surface area (Å²) < 4.78 is 0. The second kappa shape index (κ2) is 6.31. The zero-order valence-electron chi connectivity index (χ0n) is 15.3. The molecule has 0 bridgehead atoms. The molecule has 5 rings (SSSR count). The third-order valence-corrected chi connectivity index (χ3v) is 5.18. The van der Waals surface area contributed by atoms with Gasteiger partial charge >= 0.3 is 0 Å². The Morgan fingerprint density at radius 3 is 1.57 bits per heavy atom. The van der Waals surface area contributed by atoms with Crippen molar-refractivity contribution in [1.82, 2.24) is 9.97 Å². The van der Waals surface area contributed by atoms with Crippen molar-refractivity contribution in [3.05, 3.63) is 104 Å². The molecular weight excluding hydrogens is 384 g/mol. The third kappa shape index (κ3) is 2.35. The van der Waals surface area contributed by atoms with Crippen LogP contribution in [0.15, 0.2) is 81.8 Å². The van der Waals surface area contributed by atoms with Gasteiger partial charge in [0.2, 0.25) is 0 Å².